The lowest BCUT2D eigenvalue weighted by molar-refractivity contribution is 0.0866. The maximum atomic E-state index is 5.69. The molecule has 1 aliphatic rings. The van der Waals surface area contributed by atoms with Crippen molar-refractivity contribution >= 4 is 0 Å². The van der Waals surface area contributed by atoms with E-state index in [1.807, 2.05) is 12.2 Å². The number of hydrogen-bond acceptors (Lipinski definition) is 2. The molecule has 1 unspecified atom stereocenters. The second-order valence-corrected chi connectivity index (χ2v) is 3.78. The molecule has 0 aromatic heterocycles. The number of nitrogens with zero attached hydrogens (tertiary/aromatic N) is 1. The van der Waals surface area contributed by atoms with E-state index < -0.39 is 0 Å². The molecule has 1 heterocycles. The summed E-state index contributed by atoms with van der Waals surface area (Å²) in [5.74, 6) is 0. The average Bonchev–Trinajstić information content (AvgIpc) is 2.52. The molecule has 2 nitrogen and oxygen atoms in total. The lowest BCUT2D eigenvalue weighted by Gasteiger charge is -2.22. The summed E-state index contributed by atoms with van der Waals surface area (Å²) in [7, 11) is 0. The van der Waals surface area contributed by atoms with Gasteiger partial charge in [0.2, 0.25) is 0 Å². The van der Waals surface area contributed by atoms with E-state index >= 15 is 0 Å². The highest BCUT2D eigenvalue weighted by molar-refractivity contribution is 4.87. The molecule has 2 heteroatoms. The minimum Gasteiger partial charge on any atom is -0.368 e. The van der Waals surface area contributed by atoms with Crippen LogP contribution in [0.15, 0.2) is 25.3 Å². The Bertz CT molecular complexity index is 181. The summed E-state index contributed by atoms with van der Waals surface area (Å²) in [6.45, 7) is 12.4. The van der Waals surface area contributed by atoms with E-state index in [0.29, 0.717) is 6.10 Å². The second kappa shape index (κ2) is 5.99. The normalized spacial score (nSPS) is 22.9. The monoisotopic (exact) mass is 194 g/mol. The van der Waals surface area contributed by atoms with Gasteiger partial charge in [-0.3, -0.25) is 4.90 Å². The van der Waals surface area contributed by atoms with Crippen LogP contribution in [0.25, 0.3) is 0 Å². The predicted octanol–water partition coefficient (Wildman–Crippen LogP) is 2.39. The van der Waals surface area contributed by atoms with Gasteiger partial charge < -0.3 is 4.74 Å². The van der Waals surface area contributed by atoms with E-state index in [0.717, 1.165) is 32.5 Å². The topological polar surface area (TPSA) is 12.5 Å². The first-order chi connectivity index (χ1) is 6.76. The van der Waals surface area contributed by atoms with Crippen molar-refractivity contribution in [3.05, 3.63) is 31.4 Å². The van der Waals surface area contributed by atoms with Gasteiger partial charge in [0.25, 0.3) is 0 Å². The minimum absolute atomic E-state index is 0.370. The standard InChI is InChI=1S/C12H20NO/c1-4-8-13(9-5-2)10-12-7-6-11(3)14-12/h4-5,12H,1-2,6-10H2,3H3. The molecule has 0 bridgehead atoms. The van der Waals surface area contributed by atoms with Crippen molar-refractivity contribution in [1.82, 2.24) is 4.90 Å². The highest BCUT2D eigenvalue weighted by atomic mass is 16.5. The summed E-state index contributed by atoms with van der Waals surface area (Å²) in [5, 5.41) is 0. The summed E-state index contributed by atoms with van der Waals surface area (Å²) in [5.41, 5.74) is 0. The molecule has 1 fully saturated rings. The lowest BCUT2D eigenvalue weighted by Crippen LogP contribution is -2.32. The van der Waals surface area contributed by atoms with Gasteiger partial charge in [-0.2, -0.15) is 0 Å². The van der Waals surface area contributed by atoms with Crippen molar-refractivity contribution in [2.24, 2.45) is 0 Å². The summed E-state index contributed by atoms with van der Waals surface area (Å²) >= 11 is 0. The largest absolute Gasteiger partial charge is 0.368 e. The highest BCUT2D eigenvalue weighted by Crippen LogP contribution is 2.25. The second-order valence-electron chi connectivity index (χ2n) is 3.78. The minimum atomic E-state index is 0.370. The van der Waals surface area contributed by atoms with Crippen LogP contribution in [0, 0.1) is 6.10 Å². The Hall–Kier alpha value is -0.600. The van der Waals surface area contributed by atoms with Gasteiger partial charge in [0, 0.05) is 19.6 Å². The maximum absolute atomic E-state index is 5.69. The van der Waals surface area contributed by atoms with Crippen LogP contribution in [0.1, 0.15) is 19.8 Å². The first-order valence-corrected chi connectivity index (χ1v) is 5.19. The van der Waals surface area contributed by atoms with Crippen LogP contribution in [0.3, 0.4) is 0 Å². The molecule has 0 saturated carbocycles. The van der Waals surface area contributed by atoms with Gasteiger partial charge in [-0.1, -0.05) is 12.2 Å². The number of ether oxygens (including phenoxy) is 1. The first kappa shape index (κ1) is 11.5. The Labute approximate surface area is 87.2 Å². The number of rotatable bonds is 6. The molecular formula is C12H20NO. The highest BCUT2D eigenvalue weighted by Gasteiger charge is 2.23. The van der Waals surface area contributed by atoms with E-state index in [9.17, 15) is 0 Å². The molecule has 79 valence electrons. The van der Waals surface area contributed by atoms with Crippen LogP contribution in [-0.4, -0.2) is 30.6 Å². The van der Waals surface area contributed by atoms with Crippen molar-refractivity contribution < 1.29 is 4.74 Å². The van der Waals surface area contributed by atoms with Crippen LogP contribution in [0.2, 0.25) is 0 Å². The van der Waals surface area contributed by atoms with E-state index in [4.69, 9.17) is 4.74 Å². The summed E-state index contributed by atoms with van der Waals surface area (Å²) in [4.78, 5) is 2.29. The zero-order chi connectivity index (χ0) is 10.4. The molecule has 14 heavy (non-hydrogen) atoms. The van der Waals surface area contributed by atoms with Crippen LogP contribution in [0.5, 0.6) is 0 Å². The van der Waals surface area contributed by atoms with Crippen molar-refractivity contribution in [3.63, 3.8) is 0 Å². The van der Waals surface area contributed by atoms with Crippen LogP contribution in [-0.2, 0) is 4.74 Å². The van der Waals surface area contributed by atoms with Gasteiger partial charge in [0.1, 0.15) is 0 Å². The zero-order valence-corrected chi connectivity index (χ0v) is 9.04. The van der Waals surface area contributed by atoms with Crippen LogP contribution in [0.4, 0.5) is 0 Å². The van der Waals surface area contributed by atoms with Crippen molar-refractivity contribution in [2.45, 2.75) is 25.9 Å². The van der Waals surface area contributed by atoms with E-state index in [2.05, 4.69) is 25.0 Å². The van der Waals surface area contributed by atoms with Gasteiger partial charge in [0.05, 0.1) is 12.2 Å². The fraction of sp³-hybridized carbons (Fsp3) is 0.583. The summed E-state index contributed by atoms with van der Waals surface area (Å²) < 4.78 is 5.69. The molecule has 0 N–H and O–H groups in total. The maximum Gasteiger partial charge on any atom is 0.0945 e. The Morgan fingerprint density at radius 1 is 1.43 bits per heavy atom. The zero-order valence-electron chi connectivity index (χ0n) is 9.04. The molecule has 0 aromatic carbocycles. The van der Waals surface area contributed by atoms with Crippen LogP contribution < -0.4 is 0 Å². The third kappa shape index (κ3) is 3.64. The molecule has 1 saturated heterocycles. The molecular weight excluding hydrogens is 174 g/mol. The van der Waals surface area contributed by atoms with Gasteiger partial charge in [0.15, 0.2) is 0 Å². The SMILES string of the molecule is C=CCN(CC=C)CC1CC[C](C)O1. The van der Waals surface area contributed by atoms with Crippen molar-refractivity contribution in [3.8, 4) is 0 Å². The molecule has 0 aliphatic carbocycles. The quantitative estimate of drug-likeness (QED) is 0.602. The Morgan fingerprint density at radius 3 is 2.50 bits per heavy atom. The number of hydrogen-bond donors (Lipinski definition) is 0. The molecule has 0 amide bonds. The van der Waals surface area contributed by atoms with Crippen molar-refractivity contribution in [2.75, 3.05) is 19.6 Å². The van der Waals surface area contributed by atoms with E-state index in [1.165, 1.54) is 6.10 Å². The molecule has 0 aromatic rings. The smallest absolute Gasteiger partial charge is 0.0945 e. The van der Waals surface area contributed by atoms with Gasteiger partial charge in [-0.15, -0.1) is 13.2 Å². The third-order valence-corrected chi connectivity index (χ3v) is 2.42. The first-order valence-electron chi connectivity index (χ1n) is 5.19. The fourth-order valence-corrected chi connectivity index (χ4v) is 1.77. The van der Waals surface area contributed by atoms with Gasteiger partial charge in [-0.25, -0.2) is 0 Å². The van der Waals surface area contributed by atoms with Gasteiger partial charge >= 0.3 is 0 Å². The molecule has 1 radical (unpaired) electrons. The Morgan fingerprint density at radius 2 is 2.07 bits per heavy atom. The Balaban J connectivity index is 2.30. The molecule has 1 rings (SSSR count). The summed E-state index contributed by atoms with van der Waals surface area (Å²) in [6.07, 6.45) is 7.66. The van der Waals surface area contributed by atoms with Crippen LogP contribution >= 0.6 is 0 Å². The summed E-state index contributed by atoms with van der Waals surface area (Å²) in [6, 6.07) is 0. The van der Waals surface area contributed by atoms with Gasteiger partial charge in [-0.05, 0) is 19.8 Å². The van der Waals surface area contributed by atoms with E-state index in [-0.39, 0.29) is 0 Å². The predicted molar refractivity (Wildman–Crippen MR) is 59.9 cm³/mol. The van der Waals surface area contributed by atoms with E-state index in [1.54, 1.807) is 0 Å². The average molecular weight is 194 g/mol. The molecule has 0 spiro atoms. The molecule has 1 atom stereocenters. The van der Waals surface area contributed by atoms with Crippen molar-refractivity contribution in [1.29, 1.82) is 0 Å². The fourth-order valence-electron chi connectivity index (χ4n) is 1.77. The molecule has 1 aliphatic heterocycles. The third-order valence-electron chi connectivity index (χ3n) is 2.42. The Kier molecular flexibility index (Phi) is 4.91. The lowest BCUT2D eigenvalue weighted by atomic mass is 10.2.